The molecule has 3 heteroatoms. The second-order valence-electron chi connectivity index (χ2n) is 3.50. The Balaban J connectivity index is 3.20. The molecule has 0 saturated heterocycles. The Labute approximate surface area is 79.3 Å². The van der Waals surface area contributed by atoms with Gasteiger partial charge in [-0.1, -0.05) is 19.9 Å². The fraction of sp³-hybridized carbons (Fsp3) is 0.400. The van der Waals surface area contributed by atoms with Gasteiger partial charge >= 0.3 is 0 Å². The van der Waals surface area contributed by atoms with Crippen LogP contribution in [0.1, 0.15) is 25.3 Å². The van der Waals surface area contributed by atoms with Crippen molar-refractivity contribution < 1.29 is 9.13 Å². The molecule has 0 spiro atoms. The van der Waals surface area contributed by atoms with E-state index in [9.17, 15) is 4.39 Å². The number of halogens is 1. The summed E-state index contributed by atoms with van der Waals surface area (Å²) in [6.07, 6.45) is 0. The highest BCUT2D eigenvalue weighted by Gasteiger charge is 2.09. The molecule has 1 nitrogen and oxygen atoms in total. The van der Waals surface area contributed by atoms with Crippen LogP contribution in [-0.4, -0.2) is 15.0 Å². The van der Waals surface area contributed by atoms with Crippen LogP contribution in [0.2, 0.25) is 0 Å². The topological polar surface area (TPSA) is 9.23 Å². The molecule has 0 amide bonds. The van der Waals surface area contributed by atoms with Gasteiger partial charge in [0.05, 0.1) is 7.11 Å². The molecule has 1 aromatic carbocycles. The van der Waals surface area contributed by atoms with E-state index in [0.717, 1.165) is 11.0 Å². The Hall–Kier alpha value is -0.985. The fourth-order valence-electron chi connectivity index (χ4n) is 1.35. The van der Waals surface area contributed by atoms with E-state index in [1.54, 1.807) is 7.11 Å². The summed E-state index contributed by atoms with van der Waals surface area (Å²) in [6, 6.07) is 3.30. The third-order valence-electron chi connectivity index (χ3n) is 2.14. The second-order valence-corrected chi connectivity index (χ2v) is 3.50. The average molecular weight is 180 g/mol. The van der Waals surface area contributed by atoms with Crippen molar-refractivity contribution in [1.82, 2.24) is 0 Å². The van der Waals surface area contributed by atoms with Crippen molar-refractivity contribution in [2.75, 3.05) is 7.11 Å². The van der Waals surface area contributed by atoms with Gasteiger partial charge in [0.1, 0.15) is 19.4 Å². The normalized spacial score (nSPS) is 10.5. The quantitative estimate of drug-likeness (QED) is 0.621. The van der Waals surface area contributed by atoms with Crippen LogP contribution < -0.4 is 10.2 Å². The van der Waals surface area contributed by atoms with Gasteiger partial charge in [0.15, 0.2) is 0 Å². The minimum Gasteiger partial charge on any atom is -0.497 e. The number of ether oxygens (including phenoxy) is 1. The molecular formula is C10H14BFO. The lowest BCUT2D eigenvalue weighted by molar-refractivity contribution is 0.414. The molecular weight excluding hydrogens is 166 g/mol. The van der Waals surface area contributed by atoms with Crippen molar-refractivity contribution in [2.24, 2.45) is 0 Å². The third kappa shape index (κ3) is 2.03. The molecule has 0 N–H and O–H groups in total. The van der Waals surface area contributed by atoms with Gasteiger partial charge in [-0.05, 0) is 16.9 Å². The van der Waals surface area contributed by atoms with E-state index in [2.05, 4.69) is 0 Å². The van der Waals surface area contributed by atoms with Gasteiger partial charge in [0.25, 0.3) is 0 Å². The summed E-state index contributed by atoms with van der Waals surface area (Å²) < 4.78 is 18.4. The predicted octanol–water partition coefficient (Wildman–Crippen LogP) is 1.22. The van der Waals surface area contributed by atoms with Crippen LogP contribution in [-0.2, 0) is 0 Å². The number of benzene rings is 1. The molecule has 13 heavy (non-hydrogen) atoms. The zero-order chi connectivity index (χ0) is 10.0. The molecule has 0 unspecified atom stereocenters. The Morgan fingerprint density at radius 2 is 2.00 bits per heavy atom. The first-order valence-electron chi connectivity index (χ1n) is 4.40. The summed E-state index contributed by atoms with van der Waals surface area (Å²) in [5.74, 6) is 0.643. The smallest absolute Gasteiger partial charge is 0.144 e. The second kappa shape index (κ2) is 3.82. The molecule has 0 atom stereocenters. The first kappa shape index (κ1) is 10.1. The highest BCUT2D eigenvalue weighted by atomic mass is 19.1. The van der Waals surface area contributed by atoms with Gasteiger partial charge in [-0.3, -0.25) is 0 Å². The molecule has 1 rings (SSSR count). The van der Waals surface area contributed by atoms with E-state index in [0.29, 0.717) is 5.75 Å². The van der Waals surface area contributed by atoms with E-state index in [1.165, 1.54) is 6.07 Å². The minimum absolute atomic E-state index is 0.183. The summed E-state index contributed by atoms with van der Waals surface area (Å²) in [6.45, 7) is 3.95. The van der Waals surface area contributed by atoms with Crippen LogP contribution >= 0.6 is 0 Å². The summed E-state index contributed by atoms with van der Waals surface area (Å²) in [5, 5.41) is 0. The van der Waals surface area contributed by atoms with Crippen LogP contribution in [0.3, 0.4) is 0 Å². The standard InChI is InChI=1S/C10H14BFO/c1-6(2)7-4-8(11)10(13-3)5-9(7)12/h4-6H,11H2,1-3H3. The van der Waals surface area contributed by atoms with Crippen molar-refractivity contribution in [1.29, 1.82) is 0 Å². The lowest BCUT2D eigenvalue weighted by Gasteiger charge is -2.11. The maximum absolute atomic E-state index is 13.4. The van der Waals surface area contributed by atoms with Crippen molar-refractivity contribution in [3.05, 3.63) is 23.5 Å². The molecule has 1 aromatic rings. The van der Waals surface area contributed by atoms with Gasteiger partial charge in [-0.2, -0.15) is 0 Å². The lowest BCUT2D eigenvalue weighted by atomic mass is 9.89. The van der Waals surface area contributed by atoms with Crippen LogP contribution in [0.4, 0.5) is 4.39 Å². The Morgan fingerprint density at radius 1 is 1.38 bits per heavy atom. The molecule has 70 valence electrons. The van der Waals surface area contributed by atoms with Crippen LogP contribution in [0.25, 0.3) is 0 Å². The molecule has 0 heterocycles. The molecule has 0 aliphatic carbocycles. The van der Waals surface area contributed by atoms with Crippen molar-refractivity contribution >= 4 is 13.3 Å². The maximum Gasteiger partial charge on any atom is 0.144 e. The largest absolute Gasteiger partial charge is 0.497 e. The monoisotopic (exact) mass is 180 g/mol. The third-order valence-corrected chi connectivity index (χ3v) is 2.14. The summed E-state index contributed by atoms with van der Waals surface area (Å²) in [5.41, 5.74) is 1.73. The van der Waals surface area contributed by atoms with Gasteiger partial charge in [0.2, 0.25) is 0 Å². The van der Waals surface area contributed by atoms with E-state index in [4.69, 9.17) is 4.74 Å². The van der Waals surface area contributed by atoms with E-state index in [1.807, 2.05) is 27.8 Å². The van der Waals surface area contributed by atoms with Crippen molar-refractivity contribution in [2.45, 2.75) is 19.8 Å². The van der Waals surface area contributed by atoms with Crippen molar-refractivity contribution in [3.63, 3.8) is 0 Å². The first-order valence-corrected chi connectivity index (χ1v) is 4.40. The zero-order valence-electron chi connectivity index (χ0n) is 8.52. The number of methoxy groups -OCH3 is 1. The molecule has 0 aromatic heterocycles. The first-order chi connectivity index (χ1) is 6.06. The average Bonchev–Trinajstić information content (AvgIpc) is 2.07. The summed E-state index contributed by atoms with van der Waals surface area (Å²) in [7, 11) is 3.47. The minimum atomic E-state index is -0.183. The zero-order valence-corrected chi connectivity index (χ0v) is 8.52. The Kier molecular flexibility index (Phi) is 2.96. The van der Waals surface area contributed by atoms with Gasteiger partial charge in [0, 0.05) is 6.07 Å². The Bertz CT molecular complexity index is 310. The highest BCUT2D eigenvalue weighted by Crippen LogP contribution is 2.20. The highest BCUT2D eigenvalue weighted by molar-refractivity contribution is 6.34. The van der Waals surface area contributed by atoms with E-state index < -0.39 is 0 Å². The van der Waals surface area contributed by atoms with Gasteiger partial charge in [-0.25, -0.2) is 4.39 Å². The lowest BCUT2D eigenvalue weighted by Crippen LogP contribution is -2.10. The fourth-order valence-corrected chi connectivity index (χ4v) is 1.35. The molecule has 0 bridgehead atoms. The molecule has 0 radical (unpaired) electrons. The summed E-state index contributed by atoms with van der Waals surface area (Å²) >= 11 is 0. The van der Waals surface area contributed by atoms with Gasteiger partial charge in [-0.15, -0.1) is 0 Å². The number of hydrogen-bond acceptors (Lipinski definition) is 1. The Morgan fingerprint density at radius 3 is 2.46 bits per heavy atom. The SMILES string of the molecule is Bc1cc(C(C)C)c(F)cc1OC. The number of hydrogen-bond donors (Lipinski definition) is 0. The summed E-state index contributed by atoms with van der Waals surface area (Å²) in [4.78, 5) is 0. The van der Waals surface area contributed by atoms with Crippen LogP contribution in [0.5, 0.6) is 5.75 Å². The number of rotatable bonds is 2. The molecule has 0 aliphatic rings. The van der Waals surface area contributed by atoms with E-state index >= 15 is 0 Å². The molecule has 0 saturated carbocycles. The van der Waals surface area contributed by atoms with Crippen LogP contribution in [0.15, 0.2) is 12.1 Å². The van der Waals surface area contributed by atoms with Crippen molar-refractivity contribution in [3.8, 4) is 5.75 Å². The molecule has 0 aliphatic heterocycles. The van der Waals surface area contributed by atoms with E-state index in [-0.39, 0.29) is 11.7 Å². The predicted molar refractivity (Wildman–Crippen MR) is 55.2 cm³/mol. The molecule has 0 fully saturated rings. The van der Waals surface area contributed by atoms with Crippen LogP contribution in [0, 0.1) is 5.82 Å². The maximum atomic E-state index is 13.4. The van der Waals surface area contributed by atoms with Gasteiger partial charge < -0.3 is 4.74 Å².